The topological polar surface area (TPSA) is 98.1 Å². The Labute approximate surface area is 121 Å². The second kappa shape index (κ2) is 5.68. The number of hydrogen-bond acceptors (Lipinski definition) is 8. The van der Waals surface area contributed by atoms with Gasteiger partial charge in [0.15, 0.2) is 4.34 Å². The van der Waals surface area contributed by atoms with Crippen molar-refractivity contribution in [1.82, 2.24) is 19.9 Å². The molecule has 0 saturated carbocycles. The molecule has 0 aliphatic carbocycles. The number of carbonyl (C=O) groups is 1. The van der Waals surface area contributed by atoms with Gasteiger partial charge in [-0.2, -0.15) is 15.0 Å². The molecule has 0 unspecified atom stereocenters. The van der Waals surface area contributed by atoms with Gasteiger partial charge in [0.2, 0.25) is 10.4 Å². The Morgan fingerprint density at radius 3 is 2.68 bits per heavy atom. The predicted molar refractivity (Wildman–Crippen MR) is 69.3 cm³/mol. The Morgan fingerprint density at radius 1 is 1.37 bits per heavy atom. The number of hydrogen-bond donors (Lipinski definition) is 1. The molecule has 0 atom stereocenters. The van der Waals surface area contributed by atoms with Crippen molar-refractivity contribution in [1.29, 1.82) is 0 Å². The monoisotopic (exact) mass is 318 g/mol. The summed E-state index contributed by atoms with van der Waals surface area (Å²) in [4.78, 5) is 26.9. The van der Waals surface area contributed by atoms with E-state index in [1.54, 1.807) is 6.92 Å². The molecular weight excluding hydrogens is 312 g/mol. The van der Waals surface area contributed by atoms with Crippen molar-refractivity contribution in [3.8, 4) is 6.01 Å². The van der Waals surface area contributed by atoms with Gasteiger partial charge in [-0.15, -0.1) is 0 Å². The smallest absolute Gasteiger partial charge is 0.347 e. The average molecular weight is 319 g/mol. The molecule has 0 aliphatic heterocycles. The number of thiazole rings is 1. The molecule has 0 amide bonds. The maximum absolute atomic E-state index is 10.9. The van der Waals surface area contributed by atoms with E-state index in [9.17, 15) is 4.79 Å². The Balaban J connectivity index is 2.28. The average Bonchev–Trinajstić information content (AvgIpc) is 2.69. The lowest BCUT2D eigenvalue weighted by Gasteiger charge is -2.00. The van der Waals surface area contributed by atoms with E-state index >= 15 is 0 Å². The Bertz CT molecular complexity index is 634. The van der Waals surface area contributed by atoms with Crippen LogP contribution in [0.15, 0.2) is 9.50 Å². The number of aromatic carboxylic acids is 1. The SMILES string of the molecule is COc1nc(Cl)nc(Sc2nc(C)c(C(=O)O)s2)n1. The fourth-order valence-electron chi connectivity index (χ4n) is 1.14. The second-order valence-corrected chi connectivity index (χ2v) is 5.73. The molecule has 1 N–H and O–H groups in total. The summed E-state index contributed by atoms with van der Waals surface area (Å²) in [7, 11) is 1.41. The third-order valence-corrected chi connectivity index (χ3v) is 4.14. The molecule has 0 spiro atoms. The van der Waals surface area contributed by atoms with Gasteiger partial charge in [-0.1, -0.05) is 11.3 Å². The summed E-state index contributed by atoms with van der Waals surface area (Å²) in [5, 5.41) is 9.25. The van der Waals surface area contributed by atoms with Gasteiger partial charge >= 0.3 is 12.0 Å². The highest BCUT2D eigenvalue weighted by Gasteiger charge is 2.16. The zero-order chi connectivity index (χ0) is 14.0. The number of methoxy groups -OCH3 is 1. The van der Waals surface area contributed by atoms with Gasteiger partial charge in [-0.05, 0) is 30.3 Å². The van der Waals surface area contributed by atoms with Crippen LogP contribution in [0.25, 0.3) is 0 Å². The van der Waals surface area contributed by atoms with Crippen LogP contribution in [0.5, 0.6) is 6.01 Å². The van der Waals surface area contributed by atoms with Crippen LogP contribution >= 0.6 is 34.7 Å². The van der Waals surface area contributed by atoms with E-state index < -0.39 is 5.97 Å². The van der Waals surface area contributed by atoms with E-state index in [2.05, 4.69) is 19.9 Å². The molecule has 7 nitrogen and oxygen atoms in total. The van der Waals surface area contributed by atoms with E-state index in [0.717, 1.165) is 23.1 Å². The Morgan fingerprint density at radius 2 is 2.11 bits per heavy atom. The van der Waals surface area contributed by atoms with Crippen LogP contribution in [0.4, 0.5) is 0 Å². The quantitative estimate of drug-likeness (QED) is 0.915. The second-order valence-electron chi connectivity index (χ2n) is 3.18. The molecule has 19 heavy (non-hydrogen) atoms. The molecule has 2 heterocycles. The fourth-order valence-corrected chi connectivity index (χ4v) is 3.22. The van der Waals surface area contributed by atoms with Gasteiger partial charge in [0, 0.05) is 0 Å². The van der Waals surface area contributed by atoms with Gasteiger partial charge in [0.25, 0.3) is 0 Å². The zero-order valence-electron chi connectivity index (χ0n) is 9.75. The lowest BCUT2D eigenvalue weighted by Crippen LogP contribution is -1.96. The molecule has 0 aliphatic rings. The third-order valence-electron chi connectivity index (χ3n) is 1.90. The van der Waals surface area contributed by atoms with Crippen molar-refractivity contribution in [3.05, 3.63) is 15.9 Å². The minimum absolute atomic E-state index is 0.00101. The van der Waals surface area contributed by atoms with Crippen LogP contribution in [0.1, 0.15) is 15.4 Å². The lowest BCUT2D eigenvalue weighted by atomic mass is 10.4. The van der Waals surface area contributed by atoms with Crippen molar-refractivity contribution >= 4 is 40.7 Å². The summed E-state index contributed by atoms with van der Waals surface area (Å²) in [6.45, 7) is 1.63. The Hall–Kier alpha value is -1.45. The standard InChI is InChI=1S/C9H7ClN4O3S2/c1-3-4(5(15)16)18-9(11-3)19-8-13-6(10)12-7(14-8)17-2/h1-2H3,(H,15,16). The molecule has 0 radical (unpaired) electrons. The fraction of sp³-hybridized carbons (Fsp3) is 0.222. The van der Waals surface area contributed by atoms with Crippen LogP contribution in [0, 0.1) is 6.92 Å². The van der Waals surface area contributed by atoms with E-state index in [0.29, 0.717) is 15.2 Å². The number of carboxylic acid groups (broad SMARTS) is 1. The summed E-state index contributed by atoms with van der Waals surface area (Å²) in [5.41, 5.74) is 0.451. The first-order valence-corrected chi connectivity index (χ1v) is 6.85. The maximum atomic E-state index is 10.9. The third kappa shape index (κ3) is 3.31. The minimum atomic E-state index is -1.01. The summed E-state index contributed by atoms with van der Waals surface area (Å²) < 4.78 is 5.38. The number of ether oxygens (including phenoxy) is 1. The number of nitrogens with zero attached hydrogens (tertiary/aromatic N) is 4. The highest BCUT2D eigenvalue weighted by atomic mass is 35.5. The first-order chi connectivity index (χ1) is 8.99. The van der Waals surface area contributed by atoms with Crippen LogP contribution in [0.3, 0.4) is 0 Å². The molecule has 2 aromatic heterocycles. The zero-order valence-corrected chi connectivity index (χ0v) is 12.1. The number of halogens is 1. The molecule has 2 rings (SSSR count). The molecular formula is C9H7ClN4O3S2. The number of carboxylic acids is 1. The molecule has 100 valence electrons. The highest BCUT2D eigenvalue weighted by Crippen LogP contribution is 2.31. The van der Waals surface area contributed by atoms with Crippen LogP contribution in [-0.4, -0.2) is 38.1 Å². The van der Waals surface area contributed by atoms with Crippen molar-refractivity contribution in [2.75, 3.05) is 7.11 Å². The van der Waals surface area contributed by atoms with Gasteiger partial charge in [-0.25, -0.2) is 9.78 Å². The molecule has 0 bridgehead atoms. The molecule has 10 heteroatoms. The van der Waals surface area contributed by atoms with Crippen LogP contribution in [-0.2, 0) is 0 Å². The summed E-state index contributed by atoms with van der Waals surface area (Å²) in [6, 6.07) is 0.0919. The molecule has 0 aromatic carbocycles. The largest absolute Gasteiger partial charge is 0.477 e. The number of aryl methyl sites for hydroxylation is 1. The van der Waals surface area contributed by atoms with Crippen LogP contribution < -0.4 is 4.74 Å². The van der Waals surface area contributed by atoms with Crippen molar-refractivity contribution in [3.63, 3.8) is 0 Å². The Kier molecular flexibility index (Phi) is 4.17. The first-order valence-electron chi connectivity index (χ1n) is 4.83. The summed E-state index contributed by atoms with van der Waals surface area (Å²) in [6.07, 6.45) is 0. The molecule has 2 aromatic rings. The van der Waals surface area contributed by atoms with Gasteiger partial charge < -0.3 is 9.84 Å². The van der Waals surface area contributed by atoms with Crippen molar-refractivity contribution in [2.45, 2.75) is 16.4 Å². The van der Waals surface area contributed by atoms with E-state index in [1.807, 2.05) is 0 Å². The van der Waals surface area contributed by atoms with E-state index in [4.69, 9.17) is 21.4 Å². The number of rotatable bonds is 4. The predicted octanol–water partition coefficient (Wildman–Crippen LogP) is 2.15. The lowest BCUT2D eigenvalue weighted by molar-refractivity contribution is 0.0701. The van der Waals surface area contributed by atoms with Crippen molar-refractivity contribution < 1.29 is 14.6 Å². The van der Waals surface area contributed by atoms with E-state index in [-0.39, 0.29) is 16.2 Å². The van der Waals surface area contributed by atoms with Gasteiger partial charge in [0.1, 0.15) is 4.88 Å². The molecule has 0 saturated heterocycles. The highest BCUT2D eigenvalue weighted by molar-refractivity contribution is 8.00. The maximum Gasteiger partial charge on any atom is 0.347 e. The summed E-state index contributed by atoms with van der Waals surface area (Å²) >= 11 is 7.87. The van der Waals surface area contributed by atoms with Gasteiger partial charge in [0.05, 0.1) is 12.8 Å². The normalized spacial score (nSPS) is 10.5. The van der Waals surface area contributed by atoms with E-state index in [1.165, 1.54) is 7.11 Å². The first kappa shape index (κ1) is 14.0. The molecule has 0 fully saturated rings. The summed E-state index contributed by atoms with van der Waals surface area (Å²) in [5.74, 6) is -1.01. The minimum Gasteiger partial charge on any atom is -0.477 e. The van der Waals surface area contributed by atoms with Crippen LogP contribution in [0.2, 0.25) is 5.28 Å². The van der Waals surface area contributed by atoms with Crippen molar-refractivity contribution in [2.24, 2.45) is 0 Å². The number of aromatic nitrogens is 4. The van der Waals surface area contributed by atoms with Gasteiger partial charge in [-0.3, -0.25) is 0 Å².